The zero-order valence-corrected chi connectivity index (χ0v) is 25.5. The monoisotopic (exact) mass is 589 g/mol. The Balaban J connectivity index is -0.0000000200. The number of unbranched alkanes of at least 4 members (excludes halogenated alkanes) is 5. The van der Waals surface area contributed by atoms with Gasteiger partial charge in [-0.15, -0.1) is 66.6 Å². The first kappa shape index (κ1) is 63.4. The third-order valence-corrected chi connectivity index (χ3v) is 2.79. The van der Waals surface area contributed by atoms with Gasteiger partial charge in [0.05, 0.1) is 0 Å². The Bertz CT molecular complexity index is 114. The highest BCUT2D eigenvalue weighted by molar-refractivity contribution is 8.93. The minimum absolute atomic E-state index is 0. The third kappa shape index (κ3) is 182. The van der Waals surface area contributed by atoms with Crippen LogP contribution in [0.3, 0.4) is 0 Å². The van der Waals surface area contributed by atoms with E-state index in [0.29, 0.717) is 0 Å². The highest BCUT2D eigenvalue weighted by Crippen LogP contribution is 1.78. The van der Waals surface area contributed by atoms with Crippen LogP contribution in [0.2, 0.25) is 0 Å². The van der Waals surface area contributed by atoms with E-state index in [-0.39, 0.29) is 66.6 Å². The zero-order valence-electron chi connectivity index (χ0n) is 20.5. The lowest BCUT2D eigenvalue weighted by Crippen LogP contribution is -1.95. The van der Waals surface area contributed by atoms with Crippen molar-refractivity contribution in [1.82, 2.24) is 0 Å². The average molecular weight is 592 g/mol. The molecule has 0 aliphatic rings. The molecule has 0 rings (SSSR count). The quantitative estimate of drug-likeness (QED) is 0.213. The molecule has 0 aromatic heterocycles. The summed E-state index contributed by atoms with van der Waals surface area (Å²) in [7, 11) is 0. The van der Waals surface area contributed by atoms with Crippen molar-refractivity contribution in [2.45, 2.75) is 98.8 Å². The molecular formula is C20H60BrCl4N5. The zero-order chi connectivity index (χ0) is 20.6. The molecule has 0 bridgehead atoms. The first-order valence-electron chi connectivity index (χ1n) is 10.6. The van der Waals surface area contributed by atoms with Crippen LogP contribution in [0.1, 0.15) is 98.8 Å². The second-order valence-electron chi connectivity index (χ2n) is 5.71. The Morgan fingerprint density at radius 1 is 0.333 bits per heavy atom. The summed E-state index contributed by atoms with van der Waals surface area (Å²) in [5.74, 6) is 0. The molecule has 0 aliphatic carbocycles. The van der Waals surface area contributed by atoms with Gasteiger partial charge in [0.2, 0.25) is 0 Å². The van der Waals surface area contributed by atoms with Gasteiger partial charge in [-0.25, -0.2) is 0 Å². The highest BCUT2D eigenvalue weighted by Gasteiger charge is 1.69. The summed E-state index contributed by atoms with van der Waals surface area (Å²) in [4.78, 5) is 0. The van der Waals surface area contributed by atoms with Crippen LogP contribution in [0.4, 0.5) is 0 Å². The van der Waals surface area contributed by atoms with Crippen LogP contribution in [0, 0.1) is 0 Å². The SMILES string of the molecule is Br.CCCCN.CCCCN.CCCCN.CCCCN.CCCCN.Cl.Cl.Cl.Cl. The van der Waals surface area contributed by atoms with Crippen molar-refractivity contribution in [2.24, 2.45) is 28.7 Å². The van der Waals surface area contributed by atoms with Crippen molar-refractivity contribution in [3.8, 4) is 0 Å². The number of rotatable bonds is 10. The van der Waals surface area contributed by atoms with Crippen molar-refractivity contribution in [2.75, 3.05) is 32.7 Å². The molecule has 0 radical (unpaired) electrons. The van der Waals surface area contributed by atoms with Gasteiger partial charge in [-0.1, -0.05) is 66.7 Å². The summed E-state index contributed by atoms with van der Waals surface area (Å²) in [5, 5.41) is 0. The number of nitrogens with two attached hydrogens (primary N) is 5. The second kappa shape index (κ2) is 97.6. The van der Waals surface area contributed by atoms with Gasteiger partial charge in [0.15, 0.2) is 0 Å². The molecule has 30 heavy (non-hydrogen) atoms. The molecule has 0 saturated heterocycles. The Hall–Kier alpha value is 1.44. The molecule has 0 aliphatic heterocycles. The molecular weight excluding hydrogens is 532 g/mol. The van der Waals surface area contributed by atoms with E-state index in [2.05, 4.69) is 34.6 Å². The maximum absolute atomic E-state index is 5.14. The van der Waals surface area contributed by atoms with Gasteiger partial charge in [0.25, 0.3) is 0 Å². The van der Waals surface area contributed by atoms with Crippen LogP contribution >= 0.6 is 66.6 Å². The Morgan fingerprint density at radius 3 is 0.433 bits per heavy atom. The molecule has 0 saturated carbocycles. The van der Waals surface area contributed by atoms with E-state index < -0.39 is 0 Å². The van der Waals surface area contributed by atoms with Gasteiger partial charge >= 0.3 is 0 Å². The molecule has 0 atom stereocenters. The highest BCUT2D eigenvalue weighted by atomic mass is 79.9. The van der Waals surface area contributed by atoms with Crippen molar-refractivity contribution >= 4 is 66.6 Å². The fraction of sp³-hybridized carbons (Fsp3) is 1.00. The van der Waals surface area contributed by atoms with Crippen LogP contribution < -0.4 is 28.7 Å². The van der Waals surface area contributed by atoms with Crippen LogP contribution in [0.25, 0.3) is 0 Å². The van der Waals surface area contributed by atoms with Gasteiger partial charge in [-0.3, -0.25) is 0 Å². The predicted molar refractivity (Wildman–Crippen MR) is 159 cm³/mol. The van der Waals surface area contributed by atoms with E-state index in [0.717, 1.165) is 32.7 Å². The minimum Gasteiger partial charge on any atom is -0.330 e. The largest absolute Gasteiger partial charge is 0.330 e. The van der Waals surface area contributed by atoms with E-state index in [4.69, 9.17) is 28.7 Å². The summed E-state index contributed by atoms with van der Waals surface area (Å²) >= 11 is 0. The van der Waals surface area contributed by atoms with Crippen LogP contribution in [0.15, 0.2) is 0 Å². The van der Waals surface area contributed by atoms with Gasteiger partial charge in [0, 0.05) is 0 Å². The molecule has 0 unspecified atom stereocenters. The first-order chi connectivity index (χ1) is 12.1. The van der Waals surface area contributed by atoms with Gasteiger partial charge in [-0.2, -0.15) is 0 Å². The van der Waals surface area contributed by atoms with Crippen molar-refractivity contribution in [3.63, 3.8) is 0 Å². The molecule has 0 fully saturated rings. The maximum atomic E-state index is 5.14. The van der Waals surface area contributed by atoms with Gasteiger partial charge in [-0.05, 0) is 64.8 Å². The fourth-order valence-electron chi connectivity index (χ4n) is 1.02. The molecule has 10 N–H and O–H groups in total. The molecule has 0 heterocycles. The Morgan fingerprint density at radius 2 is 0.433 bits per heavy atom. The van der Waals surface area contributed by atoms with Crippen LogP contribution in [-0.2, 0) is 0 Å². The topological polar surface area (TPSA) is 130 Å². The summed E-state index contributed by atoms with van der Waals surface area (Å²) in [6.45, 7) is 14.9. The number of halogens is 5. The lowest BCUT2D eigenvalue weighted by atomic mass is 10.3. The maximum Gasteiger partial charge on any atom is -0.00774 e. The number of hydrogen-bond acceptors (Lipinski definition) is 5. The van der Waals surface area contributed by atoms with E-state index in [9.17, 15) is 0 Å². The van der Waals surface area contributed by atoms with Crippen molar-refractivity contribution in [1.29, 1.82) is 0 Å². The molecule has 0 aromatic carbocycles. The fourth-order valence-corrected chi connectivity index (χ4v) is 1.02. The second-order valence-corrected chi connectivity index (χ2v) is 5.71. The van der Waals surface area contributed by atoms with E-state index in [1.807, 2.05) is 0 Å². The summed E-state index contributed by atoms with van der Waals surface area (Å²) < 4.78 is 0. The Labute approximate surface area is 226 Å². The Kier molecular flexibility index (Phi) is 206. The van der Waals surface area contributed by atoms with Crippen molar-refractivity contribution < 1.29 is 0 Å². The van der Waals surface area contributed by atoms with E-state index in [1.165, 1.54) is 64.2 Å². The molecule has 0 aromatic rings. The summed E-state index contributed by atoms with van der Waals surface area (Å²) in [5.41, 5.74) is 25.7. The predicted octanol–water partition coefficient (Wildman–Crippen LogP) is 5.99. The first-order valence-corrected chi connectivity index (χ1v) is 10.6. The lowest BCUT2D eigenvalue weighted by Gasteiger charge is -1.80. The molecule has 10 heteroatoms. The lowest BCUT2D eigenvalue weighted by molar-refractivity contribution is 0.807. The van der Waals surface area contributed by atoms with Gasteiger partial charge < -0.3 is 28.7 Å². The normalized spacial score (nSPS) is 7.00. The minimum atomic E-state index is 0. The molecule has 0 amide bonds. The summed E-state index contributed by atoms with van der Waals surface area (Å²) in [6.07, 6.45) is 11.9. The van der Waals surface area contributed by atoms with Crippen LogP contribution in [0.5, 0.6) is 0 Å². The van der Waals surface area contributed by atoms with Crippen molar-refractivity contribution in [3.05, 3.63) is 0 Å². The van der Waals surface area contributed by atoms with E-state index in [1.54, 1.807) is 0 Å². The third-order valence-electron chi connectivity index (χ3n) is 2.79. The molecule has 200 valence electrons. The summed E-state index contributed by atoms with van der Waals surface area (Å²) in [6, 6.07) is 0. The number of hydrogen-bond donors (Lipinski definition) is 5. The smallest absolute Gasteiger partial charge is 0.00774 e. The standard InChI is InChI=1S/5C4H11N.BrH.4ClH/c5*1-2-3-4-5;;;;;/h5*2-5H2,1H3;5*1H. The van der Waals surface area contributed by atoms with E-state index >= 15 is 0 Å². The van der Waals surface area contributed by atoms with Gasteiger partial charge in [0.1, 0.15) is 0 Å². The van der Waals surface area contributed by atoms with Crippen LogP contribution in [-0.4, -0.2) is 32.7 Å². The molecule has 5 nitrogen and oxygen atoms in total. The molecule has 0 spiro atoms. The average Bonchev–Trinajstić information content (AvgIpc) is 2.61.